The Labute approximate surface area is 319 Å². The highest BCUT2D eigenvalue weighted by Crippen LogP contribution is 2.61. The quantitative estimate of drug-likeness (QED) is 0.276. The topological polar surface area (TPSA) is 138 Å². The minimum absolute atomic E-state index is 0.0818. The summed E-state index contributed by atoms with van der Waals surface area (Å²) in [5.74, 6) is -4.96. The van der Waals surface area contributed by atoms with Gasteiger partial charge in [-0.05, 0) is 67.3 Å². The fraction of sp³-hybridized carbons (Fsp3) is 0.429. The molecule has 0 unspecified atom stereocenters. The lowest BCUT2D eigenvalue weighted by atomic mass is 9.57. The molecule has 4 amide bonds. The number of allylic oxidation sites excluding steroid dienone is 2. The van der Waals surface area contributed by atoms with E-state index in [0.29, 0.717) is 61.3 Å². The van der Waals surface area contributed by atoms with Crippen molar-refractivity contribution in [3.63, 3.8) is 0 Å². The Morgan fingerprint density at radius 3 is 1.55 bits per heavy atom. The van der Waals surface area contributed by atoms with E-state index >= 15 is 0 Å². The van der Waals surface area contributed by atoms with Crippen LogP contribution < -0.4 is 29.1 Å². The van der Waals surface area contributed by atoms with Gasteiger partial charge in [-0.15, -0.1) is 0 Å². The number of carbonyl (C=O) groups excluding carboxylic acids is 4. The smallest absolute Gasteiger partial charge is 0.238 e. The van der Waals surface area contributed by atoms with Gasteiger partial charge in [0.25, 0.3) is 0 Å². The first-order chi connectivity index (χ1) is 26.8. The van der Waals surface area contributed by atoms with Crippen LogP contribution in [0, 0.1) is 29.6 Å². The number of methoxy groups -OCH3 is 2. The Balaban J connectivity index is 1.09. The predicted octanol–water partition coefficient (Wildman–Crippen LogP) is 4.13. The van der Waals surface area contributed by atoms with E-state index in [1.54, 1.807) is 12.1 Å². The molecule has 55 heavy (non-hydrogen) atoms. The standard InChI is InChI=1S/C42H44N4O9/c1-52-33-21-28(47)22-34(53-2)38(33)36-29-11-12-30-35(41(50)45(39(30)48)26-7-3-24(4-8-26)43-13-17-54-18-14-43)31(29)23-32-37(36)42(51)46(40(32)49)27-9-5-25(6-10-27)44-15-19-55-20-16-44/h3-11,21-22,30-32,35-37,47H,12-20,23H2,1-2H3/t30-,31+,32+,35-,36-,37+/m0/s1. The van der Waals surface area contributed by atoms with Crippen molar-refractivity contribution in [1.29, 1.82) is 0 Å². The Kier molecular flexibility index (Phi) is 9.01. The van der Waals surface area contributed by atoms with Crippen molar-refractivity contribution >= 4 is 46.4 Å². The molecule has 13 heteroatoms. The van der Waals surface area contributed by atoms with Crippen molar-refractivity contribution in [1.82, 2.24) is 0 Å². The maximum Gasteiger partial charge on any atom is 0.238 e. The number of aromatic hydroxyl groups is 1. The van der Waals surface area contributed by atoms with Gasteiger partial charge in [-0.25, -0.2) is 0 Å². The molecule has 6 aliphatic rings. The summed E-state index contributed by atoms with van der Waals surface area (Å²) in [6, 6.07) is 17.9. The third-order valence-corrected chi connectivity index (χ3v) is 12.5. The molecular formula is C42H44N4O9. The summed E-state index contributed by atoms with van der Waals surface area (Å²) in [6.45, 7) is 5.57. The number of hydrogen-bond donors (Lipinski definition) is 1. The van der Waals surface area contributed by atoms with Crippen LogP contribution in [0.4, 0.5) is 22.7 Å². The molecule has 2 aliphatic carbocycles. The molecule has 3 aromatic carbocycles. The molecule has 6 atom stereocenters. The number of morpholine rings is 2. The van der Waals surface area contributed by atoms with Gasteiger partial charge in [0, 0.05) is 61.2 Å². The van der Waals surface area contributed by atoms with E-state index in [1.165, 1.54) is 36.2 Å². The van der Waals surface area contributed by atoms with Crippen LogP contribution in [0.2, 0.25) is 0 Å². The van der Waals surface area contributed by atoms with E-state index in [-0.39, 0.29) is 35.8 Å². The van der Waals surface area contributed by atoms with E-state index in [0.717, 1.165) is 43.1 Å². The zero-order chi connectivity index (χ0) is 38.0. The molecule has 3 aromatic rings. The zero-order valence-corrected chi connectivity index (χ0v) is 30.9. The van der Waals surface area contributed by atoms with Gasteiger partial charge in [-0.2, -0.15) is 0 Å². The predicted molar refractivity (Wildman–Crippen MR) is 203 cm³/mol. The molecule has 13 nitrogen and oxygen atoms in total. The number of anilines is 4. The van der Waals surface area contributed by atoms with Crippen LogP contribution in [0.15, 0.2) is 72.3 Å². The van der Waals surface area contributed by atoms with Crippen molar-refractivity contribution in [2.75, 3.05) is 86.4 Å². The Morgan fingerprint density at radius 1 is 0.600 bits per heavy atom. The number of phenols is 1. The number of rotatable bonds is 7. The maximum absolute atomic E-state index is 14.8. The van der Waals surface area contributed by atoms with Crippen molar-refractivity contribution in [2.24, 2.45) is 29.6 Å². The monoisotopic (exact) mass is 748 g/mol. The average Bonchev–Trinajstić information content (AvgIpc) is 3.63. The lowest BCUT2D eigenvalue weighted by Gasteiger charge is -2.44. The zero-order valence-electron chi connectivity index (χ0n) is 30.9. The van der Waals surface area contributed by atoms with E-state index in [1.807, 2.05) is 42.5 Å². The van der Waals surface area contributed by atoms with Crippen LogP contribution in [0.1, 0.15) is 24.3 Å². The number of carbonyl (C=O) groups is 4. The number of phenolic OH excluding ortho intramolecular Hbond substituents is 1. The normalized spacial score (nSPS) is 27.9. The van der Waals surface area contributed by atoms with Crippen LogP contribution in [0.25, 0.3) is 0 Å². The Bertz CT molecular complexity index is 2030. The first-order valence-electron chi connectivity index (χ1n) is 19.0. The van der Waals surface area contributed by atoms with E-state index in [2.05, 4.69) is 9.80 Å². The van der Waals surface area contributed by atoms with Crippen molar-refractivity contribution in [3.8, 4) is 17.2 Å². The Hall–Kier alpha value is -5.40. The van der Waals surface area contributed by atoms with Crippen molar-refractivity contribution in [3.05, 3.63) is 77.9 Å². The van der Waals surface area contributed by atoms with Gasteiger partial charge in [0.15, 0.2) is 0 Å². The number of fused-ring (bicyclic) bond motifs is 4. The summed E-state index contributed by atoms with van der Waals surface area (Å²) in [7, 11) is 2.96. The summed E-state index contributed by atoms with van der Waals surface area (Å²) < 4.78 is 22.6. The van der Waals surface area contributed by atoms with E-state index in [4.69, 9.17) is 18.9 Å². The number of amides is 4. The van der Waals surface area contributed by atoms with Crippen LogP contribution in [-0.2, 0) is 28.7 Å². The number of benzene rings is 3. The van der Waals surface area contributed by atoms with E-state index < -0.39 is 35.5 Å². The molecule has 1 saturated carbocycles. The van der Waals surface area contributed by atoms with Gasteiger partial charge in [0.1, 0.15) is 17.2 Å². The summed E-state index contributed by atoms with van der Waals surface area (Å²) in [4.78, 5) is 65.2. The molecule has 286 valence electrons. The molecule has 4 saturated heterocycles. The molecule has 4 aliphatic heterocycles. The second kappa shape index (κ2) is 14.0. The summed E-state index contributed by atoms with van der Waals surface area (Å²) in [6.07, 6.45) is 2.52. The maximum atomic E-state index is 14.8. The molecule has 5 fully saturated rings. The lowest BCUT2D eigenvalue weighted by Crippen LogP contribution is -2.43. The number of imide groups is 2. The third-order valence-electron chi connectivity index (χ3n) is 12.5. The fourth-order valence-electron chi connectivity index (χ4n) is 9.92. The number of hydrogen-bond acceptors (Lipinski definition) is 11. The third kappa shape index (κ3) is 5.74. The highest BCUT2D eigenvalue weighted by Gasteiger charge is 2.63. The minimum atomic E-state index is -0.839. The first-order valence-corrected chi connectivity index (χ1v) is 19.0. The second-order valence-electron chi connectivity index (χ2n) is 15.0. The first kappa shape index (κ1) is 35.3. The summed E-state index contributed by atoms with van der Waals surface area (Å²) in [5.41, 5.74) is 4.28. The highest BCUT2D eigenvalue weighted by atomic mass is 16.5. The number of nitrogens with zero attached hydrogens (tertiary/aromatic N) is 4. The van der Waals surface area contributed by atoms with E-state index in [9.17, 15) is 24.3 Å². The van der Waals surface area contributed by atoms with Crippen LogP contribution in [-0.4, -0.2) is 95.6 Å². The molecule has 4 heterocycles. The second-order valence-corrected chi connectivity index (χ2v) is 15.0. The van der Waals surface area contributed by atoms with Crippen LogP contribution >= 0.6 is 0 Å². The Morgan fingerprint density at radius 2 is 1.05 bits per heavy atom. The molecule has 0 bridgehead atoms. The molecule has 0 aromatic heterocycles. The molecule has 9 rings (SSSR count). The molecule has 0 spiro atoms. The minimum Gasteiger partial charge on any atom is -0.508 e. The average molecular weight is 749 g/mol. The van der Waals surface area contributed by atoms with Crippen LogP contribution in [0.5, 0.6) is 17.2 Å². The van der Waals surface area contributed by atoms with Crippen molar-refractivity contribution < 1.29 is 43.2 Å². The SMILES string of the molecule is COc1cc(O)cc(OC)c1[C@H]1C2=CC[C@@H]3C(=O)N(c4ccc(N5CCOCC5)cc4)C(=O)[C@@H]3[C@@H]2C[C@H]2C(=O)N(c3ccc(N4CCOCC4)cc3)C(=O)[C@@H]12. The van der Waals surface area contributed by atoms with Gasteiger partial charge in [0.2, 0.25) is 23.6 Å². The van der Waals surface area contributed by atoms with Crippen LogP contribution in [0.3, 0.4) is 0 Å². The van der Waals surface area contributed by atoms with Crippen molar-refractivity contribution in [2.45, 2.75) is 18.8 Å². The summed E-state index contributed by atoms with van der Waals surface area (Å²) in [5, 5.41) is 10.6. The lowest BCUT2D eigenvalue weighted by molar-refractivity contribution is -0.126. The van der Waals surface area contributed by atoms with Gasteiger partial charge in [-0.3, -0.25) is 29.0 Å². The number of ether oxygens (including phenoxy) is 4. The molecule has 0 radical (unpaired) electrons. The van der Waals surface area contributed by atoms with Gasteiger partial charge >= 0.3 is 0 Å². The largest absolute Gasteiger partial charge is 0.508 e. The molecular weight excluding hydrogens is 704 g/mol. The highest BCUT2D eigenvalue weighted by molar-refractivity contribution is 6.24. The van der Waals surface area contributed by atoms with Gasteiger partial charge < -0.3 is 33.9 Å². The molecule has 1 N–H and O–H groups in total. The summed E-state index contributed by atoms with van der Waals surface area (Å²) >= 11 is 0. The van der Waals surface area contributed by atoms with Gasteiger partial charge in [-0.1, -0.05) is 11.6 Å². The van der Waals surface area contributed by atoms with Gasteiger partial charge in [0.05, 0.1) is 75.7 Å². The fourth-order valence-corrected chi connectivity index (χ4v) is 9.92.